The Morgan fingerprint density at radius 3 is 2.58 bits per heavy atom. The van der Waals surface area contributed by atoms with Crippen LogP contribution in [0.3, 0.4) is 0 Å². The Bertz CT molecular complexity index is 962. The summed E-state index contributed by atoms with van der Waals surface area (Å²) in [6.07, 6.45) is 1.97. The second kappa shape index (κ2) is 8.03. The standard InChI is InChI=1S/C20H24N2O3S/c1-15-7-9-16(10-8-15)18(14-22-26(23,24)12-11-25-2)19-13-21-20-6-4-3-5-17(19)20/h3-10,13,18,21-22H,11-12,14H2,1-2H3. The summed E-state index contributed by atoms with van der Waals surface area (Å²) >= 11 is 0. The molecule has 0 saturated carbocycles. The molecule has 0 aliphatic rings. The summed E-state index contributed by atoms with van der Waals surface area (Å²) in [5.74, 6) is -0.123. The first-order chi connectivity index (χ1) is 12.5. The minimum atomic E-state index is -3.38. The van der Waals surface area contributed by atoms with Gasteiger partial charge in [-0.05, 0) is 24.1 Å². The van der Waals surface area contributed by atoms with Gasteiger partial charge in [0.05, 0.1) is 12.4 Å². The number of methoxy groups -OCH3 is 1. The molecule has 5 nitrogen and oxygen atoms in total. The first-order valence-electron chi connectivity index (χ1n) is 8.59. The summed E-state index contributed by atoms with van der Waals surface area (Å²) in [7, 11) is -1.89. The fraction of sp³-hybridized carbons (Fsp3) is 0.300. The van der Waals surface area contributed by atoms with E-state index in [2.05, 4.69) is 40.0 Å². The number of aromatic amines is 1. The summed E-state index contributed by atoms with van der Waals surface area (Å²) in [6, 6.07) is 16.3. The summed E-state index contributed by atoms with van der Waals surface area (Å²) < 4.78 is 32.1. The van der Waals surface area contributed by atoms with Crippen LogP contribution in [-0.4, -0.2) is 39.4 Å². The number of hydrogen-bond donors (Lipinski definition) is 2. The number of fused-ring (bicyclic) bond motifs is 1. The van der Waals surface area contributed by atoms with Crippen molar-refractivity contribution in [3.05, 3.63) is 71.4 Å². The van der Waals surface area contributed by atoms with Crippen LogP contribution >= 0.6 is 0 Å². The summed E-state index contributed by atoms with van der Waals surface area (Å²) in [5, 5.41) is 1.11. The van der Waals surface area contributed by atoms with Crippen molar-refractivity contribution in [2.24, 2.45) is 0 Å². The van der Waals surface area contributed by atoms with Crippen molar-refractivity contribution < 1.29 is 13.2 Å². The van der Waals surface area contributed by atoms with Crippen molar-refractivity contribution in [2.45, 2.75) is 12.8 Å². The molecule has 0 bridgehead atoms. The number of hydrogen-bond acceptors (Lipinski definition) is 3. The second-order valence-corrected chi connectivity index (χ2v) is 8.34. The van der Waals surface area contributed by atoms with Crippen LogP contribution in [0.15, 0.2) is 54.7 Å². The van der Waals surface area contributed by atoms with E-state index in [9.17, 15) is 8.42 Å². The first kappa shape index (κ1) is 18.6. The Balaban J connectivity index is 1.93. The summed E-state index contributed by atoms with van der Waals surface area (Å²) in [5.41, 5.74) is 4.38. The average Bonchev–Trinajstić information content (AvgIpc) is 3.06. The van der Waals surface area contributed by atoms with Crippen molar-refractivity contribution in [2.75, 3.05) is 26.0 Å². The van der Waals surface area contributed by atoms with Gasteiger partial charge in [-0.2, -0.15) is 0 Å². The van der Waals surface area contributed by atoms with E-state index in [0.29, 0.717) is 6.54 Å². The normalized spacial score (nSPS) is 13.2. The molecule has 138 valence electrons. The predicted molar refractivity (Wildman–Crippen MR) is 105 cm³/mol. The van der Waals surface area contributed by atoms with Crippen LogP contribution in [0.5, 0.6) is 0 Å². The zero-order chi connectivity index (χ0) is 18.6. The number of aryl methyl sites for hydroxylation is 1. The number of benzene rings is 2. The van der Waals surface area contributed by atoms with E-state index in [1.807, 2.05) is 31.3 Å². The van der Waals surface area contributed by atoms with Gasteiger partial charge in [0.1, 0.15) is 0 Å². The molecule has 0 aliphatic carbocycles. The highest BCUT2D eigenvalue weighted by molar-refractivity contribution is 7.89. The van der Waals surface area contributed by atoms with Crippen molar-refractivity contribution >= 4 is 20.9 Å². The van der Waals surface area contributed by atoms with Gasteiger partial charge in [-0.25, -0.2) is 13.1 Å². The van der Waals surface area contributed by atoms with E-state index in [0.717, 1.165) is 22.0 Å². The molecule has 3 rings (SSSR count). The topological polar surface area (TPSA) is 71.2 Å². The number of para-hydroxylation sites is 1. The maximum atomic E-state index is 12.2. The van der Waals surface area contributed by atoms with Gasteiger partial charge >= 0.3 is 0 Å². The molecule has 0 spiro atoms. The van der Waals surface area contributed by atoms with Crippen LogP contribution < -0.4 is 4.72 Å². The monoisotopic (exact) mass is 372 g/mol. The fourth-order valence-corrected chi connectivity index (χ4v) is 4.01. The lowest BCUT2D eigenvalue weighted by atomic mass is 9.90. The minimum Gasteiger partial charge on any atom is -0.384 e. The lowest BCUT2D eigenvalue weighted by Gasteiger charge is -2.18. The van der Waals surface area contributed by atoms with E-state index in [4.69, 9.17) is 4.74 Å². The number of nitrogens with one attached hydrogen (secondary N) is 2. The highest BCUT2D eigenvalue weighted by Crippen LogP contribution is 2.30. The van der Waals surface area contributed by atoms with E-state index >= 15 is 0 Å². The molecule has 1 aromatic heterocycles. The molecule has 3 aromatic rings. The van der Waals surface area contributed by atoms with Crippen LogP contribution in [0.1, 0.15) is 22.6 Å². The van der Waals surface area contributed by atoms with Crippen LogP contribution in [-0.2, 0) is 14.8 Å². The number of ether oxygens (including phenoxy) is 1. The van der Waals surface area contributed by atoms with Crippen molar-refractivity contribution in [3.8, 4) is 0 Å². The van der Waals surface area contributed by atoms with Crippen LogP contribution in [0, 0.1) is 6.92 Å². The smallest absolute Gasteiger partial charge is 0.213 e. The van der Waals surface area contributed by atoms with E-state index in [1.54, 1.807) is 0 Å². The van der Waals surface area contributed by atoms with Gasteiger partial charge in [-0.3, -0.25) is 0 Å². The third-order valence-electron chi connectivity index (χ3n) is 4.54. The Hall–Kier alpha value is -2.15. The third kappa shape index (κ3) is 4.33. The summed E-state index contributed by atoms with van der Waals surface area (Å²) in [4.78, 5) is 3.28. The van der Waals surface area contributed by atoms with Crippen LogP contribution in [0.4, 0.5) is 0 Å². The Labute approximate surface area is 154 Å². The molecule has 0 radical (unpaired) electrons. The molecule has 0 saturated heterocycles. The molecule has 1 heterocycles. The molecular weight excluding hydrogens is 348 g/mol. The highest BCUT2D eigenvalue weighted by Gasteiger charge is 2.20. The number of aromatic nitrogens is 1. The maximum absolute atomic E-state index is 12.2. The van der Waals surface area contributed by atoms with Crippen molar-refractivity contribution in [1.82, 2.24) is 9.71 Å². The van der Waals surface area contributed by atoms with Crippen LogP contribution in [0.25, 0.3) is 10.9 Å². The molecular formula is C20H24N2O3S. The van der Waals surface area contributed by atoms with E-state index in [-0.39, 0.29) is 18.3 Å². The highest BCUT2D eigenvalue weighted by atomic mass is 32.2. The molecule has 26 heavy (non-hydrogen) atoms. The van der Waals surface area contributed by atoms with Crippen LogP contribution in [0.2, 0.25) is 0 Å². The number of sulfonamides is 1. The molecule has 0 amide bonds. The lowest BCUT2D eigenvalue weighted by Crippen LogP contribution is -2.32. The predicted octanol–water partition coefficient (Wildman–Crippen LogP) is 3.17. The largest absolute Gasteiger partial charge is 0.384 e. The molecule has 2 aromatic carbocycles. The van der Waals surface area contributed by atoms with Gasteiger partial charge in [0.25, 0.3) is 0 Å². The Morgan fingerprint density at radius 2 is 1.85 bits per heavy atom. The van der Waals surface area contributed by atoms with Gasteiger partial charge in [0.2, 0.25) is 10.0 Å². The summed E-state index contributed by atoms with van der Waals surface area (Å²) in [6.45, 7) is 2.52. The minimum absolute atomic E-state index is 0.0436. The van der Waals surface area contributed by atoms with Crippen molar-refractivity contribution in [3.63, 3.8) is 0 Å². The third-order valence-corrected chi connectivity index (χ3v) is 5.85. The molecule has 0 aliphatic heterocycles. The second-order valence-electron chi connectivity index (χ2n) is 6.41. The number of rotatable bonds is 8. The molecule has 1 atom stereocenters. The van der Waals surface area contributed by atoms with Gasteiger partial charge in [-0.15, -0.1) is 0 Å². The average molecular weight is 372 g/mol. The van der Waals surface area contributed by atoms with E-state index < -0.39 is 10.0 Å². The Kier molecular flexibility index (Phi) is 5.76. The molecule has 0 fully saturated rings. The zero-order valence-electron chi connectivity index (χ0n) is 15.0. The Morgan fingerprint density at radius 1 is 1.12 bits per heavy atom. The molecule has 1 unspecified atom stereocenters. The molecule has 2 N–H and O–H groups in total. The fourth-order valence-electron chi connectivity index (χ4n) is 3.06. The quantitative estimate of drug-likeness (QED) is 0.638. The van der Waals surface area contributed by atoms with E-state index in [1.165, 1.54) is 12.7 Å². The maximum Gasteiger partial charge on any atom is 0.213 e. The van der Waals surface area contributed by atoms with Gasteiger partial charge in [0, 0.05) is 36.7 Å². The lowest BCUT2D eigenvalue weighted by molar-refractivity contribution is 0.217. The SMILES string of the molecule is COCCS(=O)(=O)NCC(c1ccc(C)cc1)c1c[nH]c2ccccc12. The zero-order valence-corrected chi connectivity index (χ0v) is 15.8. The van der Waals surface area contributed by atoms with Gasteiger partial charge in [0.15, 0.2) is 0 Å². The molecule has 6 heteroatoms. The van der Waals surface area contributed by atoms with Gasteiger partial charge < -0.3 is 9.72 Å². The van der Waals surface area contributed by atoms with Gasteiger partial charge in [-0.1, -0.05) is 48.0 Å². The van der Waals surface area contributed by atoms with Crippen molar-refractivity contribution in [1.29, 1.82) is 0 Å². The first-order valence-corrected chi connectivity index (χ1v) is 10.2. The number of H-pyrrole nitrogens is 1.